The lowest BCUT2D eigenvalue weighted by atomic mass is 9.91. The van der Waals surface area contributed by atoms with Gasteiger partial charge >= 0.3 is 0 Å². The van der Waals surface area contributed by atoms with Crippen molar-refractivity contribution in [3.63, 3.8) is 0 Å². The van der Waals surface area contributed by atoms with Gasteiger partial charge in [-0.1, -0.05) is 158 Å². The largest absolute Gasteiger partial charge is 0.208 e. The second-order valence-corrected chi connectivity index (χ2v) is 18.1. The summed E-state index contributed by atoms with van der Waals surface area (Å²) >= 11 is 3.65. The van der Waals surface area contributed by atoms with E-state index in [1.54, 1.807) is 11.3 Å². The lowest BCUT2D eigenvalue weighted by Gasteiger charge is -2.12. The Hall–Kier alpha value is -7.57. The number of hydrogen-bond donors (Lipinski definition) is 0. The van der Waals surface area contributed by atoms with Crippen LogP contribution in [0.1, 0.15) is 0 Å². The molecular weight excluding hydrogens is 791 g/mol. The van der Waals surface area contributed by atoms with Crippen molar-refractivity contribution < 1.29 is 0 Å². The van der Waals surface area contributed by atoms with Gasteiger partial charge in [0.05, 0.1) is 0 Å². The van der Waals surface area contributed by atoms with E-state index in [1.165, 1.54) is 89.4 Å². The highest BCUT2D eigenvalue weighted by Gasteiger charge is 2.17. The van der Waals surface area contributed by atoms with Crippen LogP contribution in [0.4, 0.5) is 0 Å². The van der Waals surface area contributed by atoms with Crippen LogP contribution in [0.2, 0.25) is 0 Å². The summed E-state index contributed by atoms with van der Waals surface area (Å²) < 4.78 is 5.03. The van der Waals surface area contributed by atoms with Gasteiger partial charge in [-0.3, -0.25) is 0 Å². The molecule has 0 fully saturated rings. The van der Waals surface area contributed by atoms with Crippen molar-refractivity contribution in [2.45, 2.75) is 0 Å². The second-order valence-electron chi connectivity index (χ2n) is 15.9. The molecule has 0 aliphatic heterocycles. The first-order valence-electron chi connectivity index (χ1n) is 20.8. The topological polar surface area (TPSA) is 38.7 Å². The molecule has 0 unspecified atom stereocenters. The predicted octanol–water partition coefficient (Wildman–Crippen LogP) is 16.4. The van der Waals surface area contributed by atoms with Crippen molar-refractivity contribution in [3.05, 3.63) is 200 Å². The van der Waals surface area contributed by atoms with Gasteiger partial charge in [0.2, 0.25) is 0 Å². The van der Waals surface area contributed by atoms with Crippen LogP contribution in [0.5, 0.6) is 0 Å². The summed E-state index contributed by atoms with van der Waals surface area (Å²) in [7, 11) is 0. The summed E-state index contributed by atoms with van der Waals surface area (Å²) in [6.45, 7) is 0. The van der Waals surface area contributed by atoms with E-state index in [0.717, 1.165) is 22.3 Å². The molecule has 62 heavy (non-hydrogen) atoms. The molecule has 0 bridgehead atoms. The van der Waals surface area contributed by atoms with Crippen LogP contribution in [-0.4, -0.2) is 15.0 Å². The van der Waals surface area contributed by atoms with Crippen LogP contribution in [0.3, 0.4) is 0 Å². The molecular formula is C57H33N3S2. The van der Waals surface area contributed by atoms with E-state index in [9.17, 15) is 0 Å². The van der Waals surface area contributed by atoms with Gasteiger partial charge in [-0.15, -0.1) is 22.7 Å². The highest BCUT2D eigenvalue weighted by Crippen LogP contribution is 2.44. The molecule has 13 rings (SSSR count). The standard InChI is InChI=1S/C57H33N3S2/c1-2-12-34(13-3-1)55-58-56(60-57(59-55)39-25-28-47-46-20-8-9-22-50(46)62-53(47)33-39)38-15-10-14-37(30-38)40-21-11-23-52-54(40)49-32-36(26-29-51(49)61-52)35-24-27-45-43-18-5-4-16-41(43)42-17-6-7-19-44(42)48(45)31-35/h1-33H. The Labute approximate surface area is 364 Å². The summed E-state index contributed by atoms with van der Waals surface area (Å²) in [5.74, 6) is 1.96. The molecule has 0 radical (unpaired) electrons. The molecule has 3 heterocycles. The lowest BCUT2D eigenvalue weighted by Crippen LogP contribution is -2.00. The molecule has 0 saturated carbocycles. The van der Waals surface area contributed by atoms with Crippen molar-refractivity contribution in [3.8, 4) is 56.4 Å². The Balaban J connectivity index is 0.942. The molecule has 0 saturated heterocycles. The molecule has 5 heteroatoms. The van der Waals surface area contributed by atoms with E-state index in [2.05, 4.69) is 182 Å². The molecule has 3 nitrogen and oxygen atoms in total. The molecule has 0 aliphatic rings. The quantitative estimate of drug-likeness (QED) is 0.162. The van der Waals surface area contributed by atoms with Gasteiger partial charge in [-0.05, 0) is 97.0 Å². The third kappa shape index (κ3) is 5.67. The molecule has 288 valence electrons. The number of benzene rings is 10. The molecule has 0 N–H and O–H groups in total. The fourth-order valence-corrected chi connectivity index (χ4v) is 11.6. The first-order chi connectivity index (χ1) is 30.7. The third-order valence-electron chi connectivity index (χ3n) is 12.3. The molecule has 0 atom stereocenters. The van der Waals surface area contributed by atoms with E-state index in [1.807, 2.05) is 29.5 Å². The van der Waals surface area contributed by atoms with Crippen LogP contribution in [-0.2, 0) is 0 Å². The number of thiophene rings is 2. The van der Waals surface area contributed by atoms with Crippen molar-refractivity contribution in [2.24, 2.45) is 0 Å². The Morgan fingerprint density at radius 1 is 0.242 bits per heavy atom. The fraction of sp³-hybridized carbons (Fsp3) is 0. The van der Waals surface area contributed by atoms with Gasteiger partial charge in [0, 0.05) is 57.0 Å². The van der Waals surface area contributed by atoms with Crippen LogP contribution >= 0.6 is 22.7 Å². The predicted molar refractivity (Wildman–Crippen MR) is 265 cm³/mol. The number of fused-ring (bicyclic) bond motifs is 12. The van der Waals surface area contributed by atoms with Crippen molar-refractivity contribution in [2.75, 3.05) is 0 Å². The first kappa shape index (κ1) is 35.2. The smallest absolute Gasteiger partial charge is 0.164 e. The van der Waals surface area contributed by atoms with E-state index in [-0.39, 0.29) is 0 Å². The van der Waals surface area contributed by atoms with E-state index >= 15 is 0 Å². The van der Waals surface area contributed by atoms with Gasteiger partial charge in [-0.2, -0.15) is 0 Å². The lowest BCUT2D eigenvalue weighted by molar-refractivity contribution is 1.07. The maximum absolute atomic E-state index is 5.18. The van der Waals surface area contributed by atoms with Crippen LogP contribution in [0.25, 0.3) is 129 Å². The highest BCUT2D eigenvalue weighted by atomic mass is 32.1. The van der Waals surface area contributed by atoms with Gasteiger partial charge in [-0.25, -0.2) is 15.0 Å². The zero-order valence-corrected chi connectivity index (χ0v) is 34.8. The minimum Gasteiger partial charge on any atom is -0.208 e. The fourth-order valence-electron chi connectivity index (χ4n) is 9.38. The van der Waals surface area contributed by atoms with Crippen LogP contribution < -0.4 is 0 Å². The van der Waals surface area contributed by atoms with E-state index in [0.29, 0.717) is 17.5 Å². The van der Waals surface area contributed by atoms with E-state index < -0.39 is 0 Å². The zero-order valence-electron chi connectivity index (χ0n) is 33.2. The summed E-state index contributed by atoms with van der Waals surface area (Å²) in [6, 6.07) is 72.3. The maximum atomic E-state index is 5.18. The molecule has 3 aromatic heterocycles. The SMILES string of the molecule is c1ccc(-c2nc(-c3cccc(-c4cccc5sc6ccc(-c7ccc8c9ccccc9c9ccccc9c8c7)cc6c45)c3)nc(-c3ccc4c(c3)sc3ccccc34)n2)cc1. The van der Waals surface area contributed by atoms with Crippen LogP contribution in [0, 0.1) is 0 Å². The number of nitrogens with zero attached hydrogens (tertiary/aromatic N) is 3. The van der Waals surface area contributed by atoms with E-state index in [4.69, 9.17) is 15.0 Å². The Bertz CT molecular complexity index is 3900. The van der Waals surface area contributed by atoms with Crippen molar-refractivity contribution >= 4 is 95.3 Å². The average Bonchev–Trinajstić information content (AvgIpc) is 3.92. The second kappa shape index (κ2) is 14.0. The highest BCUT2D eigenvalue weighted by molar-refractivity contribution is 7.26. The number of rotatable bonds is 5. The monoisotopic (exact) mass is 823 g/mol. The molecule has 0 amide bonds. The first-order valence-corrected chi connectivity index (χ1v) is 22.5. The summed E-state index contributed by atoms with van der Waals surface area (Å²) in [4.78, 5) is 15.4. The number of hydrogen-bond acceptors (Lipinski definition) is 5. The van der Waals surface area contributed by atoms with Gasteiger partial charge in [0.1, 0.15) is 0 Å². The van der Waals surface area contributed by atoms with Gasteiger partial charge < -0.3 is 0 Å². The summed E-state index contributed by atoms with van der Waals surface area (Å²) in [5.41, 5.74) is 7.60. The van der Waals surface area contributed by atoms with Gasteiger partial charge in [0.15, 0.2) is 17.5 Å². The molecule has 0 spiro atoms. The van der Waals surface area contributed by atoms with Gasteiger partial charge in [0.25, 0.3) is 0 Å². The van der Waals surface area contributed by atoms with Crippen molar-refractivity contribution in [1.82, 2.24) is 15.0 Å². The Morgan fingerprint density at radius 2 is 0.710 bits per heavy atom. The van der Waals surface area contributed by atoms with Crippen LogP contribution in [0.15, 0.2) is 200 Å². The number of aromatic nitrogens is 3. The zero-order chi connectivity index (χ0) is 40.7. The van der Waals surface area contributed by atoms with Crippen molar-refractivity contribution in [1.29, 1.82) is 0 Å². The minimum absolute atomic E-state index is 0.647. The normalized spacial score (nSPS) is 11.9. The third-order valence-corrected chi connectivity index (χ3v) is 14.6. The molecule has 0 aliphatic carbocycles. The summed E-state index contributed by atoms with van der Waals surface area (Å²) in [5, 5.41) is 12.8. The molecule has 10 aromatic carbocycles. The maximum Gasteiger partial charge on any atom is 0.164 e. The molecule has 13 aromatic rings. The average molecular weight is 824 g/mol. The minimum atomic E-state index is 0.647. The Kier molecular flexibility index (Phi) is 7.95. The Morgan fingerprint density at radius 3 is 1.47 bits per heavy atom. The summed E-state index contributed by atoms with van der Waals surface area (Å²) in [6.07, 6.45) is 0.